The fraction of sp³-hybridized carbons (Fsp3) is 0.750. The zero-order chi connectivity index (χ0) is 11.2. The summed E-state index contributed by atoms with van der Waals surface area (Å²) in [7, 11) is 0. The fourth-order valence-corrected chi connectivity index (χ4v) is 2.39. The van der Waals surface area contributed by atoms with Crippen LogP contribution in [0.3, 0.4) is 0 Å². The van der Waals surface area contributed by atoms with E-state index in [1.165, 1.54) is 32.4 Å². The van der Waals surface area contributed by atoms with Gasteiger partial charge in [0.25, 0.3) is 0 Å². The number of nitrogens with zero attached hydrogens (tertiary/aromatic N) is 2. The number of H-pyrrole nitrogens is 1. The van der Waals surface area contributed by atoms with Crippen molar-refractivity contribution in [2.75, 3.05) is 19.6 Å². The Kier molecular flexibility index (Phi) is 4.36. The third-order valence-electron chi connectivity index (χ3n) is 3.38. The van der Waals surface area contributed by atoms with E-state index >= 15 is 0 Å². The Balaban J connectivity index is 1.70. The predicted molar refractivity (Wildman–Crippen MR) is 65.2 cm³/mol. The molecular weight excluding hydrogens is 200 g/mol. The Labute approximate surface area is 97.4 Å². The zero-order valence-electron chi connectivity index (χ0n) is 10.1. The van der Waals surface area contributed by atoms with Crippen molar-refractivity contribution in [3.05, 3.63) is 18.2 Å². The molecule has 2 N–H and O–H groups in total. The molecule has 0 spiro atoms. The molecule has 0 saturated carbocycles. The van der Waals surface area contributed by atoms with Crippen molar-refractivity contribution < 1.29 is 0 Å². The lowest BCUT2D eigenvalue weighted by molar-refractivity contribution is 0.229. The van der Waals surface area contributed by atoms with Crippen LogP contribution in [0.5, 0.6) is 0 Å². The van der Waals surface area contributed by atoms with Gasteiger partial charge in [-0.1, -0.05) is 6.92 Å². The van der Waals surface area contributed by atoms with Gasteiger partial charge >= 0.3 is 0 Å². The molecule has 1 aromatic rings. The molecule has 2 heterocycles. The molecule has 0 aromatic carbocycles. The molecule has 0 bridgehead atoms. The maximum atomic E-state index is 4.01. The van der Waals surface area contributed by atoms with E-state index in [4.69, 9.17) is 0 Å². The van der Waals surface area contributed by atoms with Crippen molar-refractivity contribution in [2.24, 2.45) is 0 Å². The average molecular weight is 222 g/mol. The third-order valence-corrected chi connectivity index (χ3v) is 3.38. The summed E-state index contributed by atoms with van der Waals surface area (Å²) < 4.78 is 0. The minimum absolute atomic E-state index is 0.699. The van der Waals surface area contributed by atoms with Gasteiger partial charge in [0.15, 0.2) is 0 Å². The smallest absolute Gasteiger partial charge is 0.0922 e. The first-order valence-electron chi connectivity index (χ1n) is 6.32. The number of imidazole rings is 1. The van der Waals surface area contributed by atoms with Crippen LogP contribution in [-0.2, 0) is 6.54 Å². The lowest BCUT2D eigenvalue weighted by Gasteiger charge is -2.26. The highest BCUT2D eigenvalue weighted by molar-refractivity contribution is 4.93. The quantitative estimate of drug-likeness (QED) is 0.764. The summed E-state index contributed by atoms with van der Waals surface area (Å²) in [6.45, 7) is 6.81. The fourth-order valence-electron chi connectivity index (χ4n) is 2.39. The Bertz CT molecular complexity index is 277. The second-order valence-electron chi connectivity index (χ2n) is 4.51. The maximum Gasteiger partial charge on any atom is 0.0922 e. The molecule has 0 radical (unpaired) electrons. The van der Waals surface area contributed by atoms with Gasteiger partial charge in [-0.2, -0.15) is 0 Å². The van der Waals surface area contributed by atoms with Crippen molar-refractivity contribution in [3.8, 4) is 0 Å². The molecule has 1 saturated heterocycles. The Morgan fingerprint density at radius 2 is 2.31 bits per heavy atom. The molecule has 1 atom stereocenters. The van der Waals surface area contributed by atoms with E-state index in [9.17, 15) is 0 Å². The monoisotopic (exact) mass is 222 g/mol. The molecule has 4 nitrogen and oxygen atoms in total. The number of aromatic nitrogens is 2. The van der Waals surface area contributed by atoms with Crippen LogP contribution in [-0.4, -0.2) is 40.5 Å². The van der Waals surface area contributed by atoms with Crippen LogP contribution in [0, 0.1) is 0 Å². The van der Waals surface area contributed by atoms with Crippen LogP contribution in [0.1, 0.15) is 31.9 Å². The number of likely N-dealkylation sites (tertiary alicyclic amines) is 1. The largest absolute Gasteiger partial charge is 0.347 e. The Hall–Kier alpha value is -0.870. The van der Waals surface area contributed by atoms with Crippen molar-refractivity contribution in [2.45, 2.75) is 38.8 Å². The van der Waals surface area contributed by atoms with Gasteiger partial charge in [0.1, 0.15) is 0 Å². The molecule has 1 aromatic heterocycles. The van der Waals surface area contributed by atoms with Crippen molar-refractivity contribution in [1.82, 2.24) is 20.2 Å². The van der Waals surface area contributed by atoms with Gasteiger partial charge in [-0.05, 0) is 32.4 Å². The molecule has 1 aliphatic rings. The topological polar surface area (TPSA) is 44.0 Å². The van der Waals surface area contributed by atoms with E-state index in [1.807, 2.05) is 6.20 Å². The standard InChI is InChI=1S/C12H22N4/c1-2-12(16-5-3-4-6-16)9-13-7-11-8-14-10-15-11/h8,10,12-13H,2-7,9H2,1H3,(H,14,15). The van der Waals surface area contributed by atoms with E-state index in [-0.39, 0.29) is 0 Å². The zero-order valence-corrected chi connectivity index (χ0v) is 10.1. The predicted octanol–water partition coefficient (Wildman–Crippen LogP) is 1.37. The summed E-state index contributed by atoms with van der Waals surface area (Å²) in [5, 5.41) is 3.50. The minimum atomic E-state index is 0.699. The first-order valence-corrected chi connectivity index (χ1v) is 6.32. The molecule has 1 fully saturated rings. The van der Waals surface area contributed by atoms with E-state index in [0.717, 1.165) is 18.8 Å². The maximum absolute atomic E-state index is 4.01. The third kappa shape index (κ3) is 3.06. The van der Waals surface area contributed by atoms with Gasteiger partial charge in [0.2, 0.25) is 0 Å². The summed E-state index contributed by atoms with van der Waals surface area (Å²) in [6, 6.07) is 0.699. The number of nitrogens with one attached hydrogen (secondary N) is 2. The Morgan fingerprint density at radius 3 is 2.94 bits per heavy atom. The first-order chi connectivity index (χ1) is 7.90. The summed E-state index contributed by atoms with van der Waals surface area (Å²) in [5.74, 6) is 0. The van der Waals surface area contributed by atoms with Crippen LogP contribution in [0.25, 0.3) is 0 Å². The number of hydrogen-bond donors (Lipinski definition) is 2. The van der Waals surface area contributed by atoms with E-state index in [0.29, 0.717) is 6.04 Å². The normalized spacial score (nSPS) is 19.1. The Morgan fingerprint density at radius 1 is 1.50 bits per heavy atom. The van der Waals surface area contributed by atoms with Crippen molar-refractivity contribution in [3.63, 3.8) is 0 Å². The highest BCUT2D eigenvalue weighted by Gasteiger charge is 2.19. The van der Waals surface area contributed by atoms with Gasteiger partial charge in [-0.25, -0.2) is 4.98 Å². The second-order valence-corrected chi connectivity index (χ2v) is 4.51. The van der Waals surface area contributed by atoms with Crippen LogP contribution < -0.4 is 5.32 Å². The molecule has 4 heteroatoms. The second kappa shape index (κ2) is 6.01. The van der Waals surface area contributed by atoms with Crippen LogP contribution in [0.2, 0.25) is 0 Å². The van der Waals surface area contributed by atoms with Gasteiger partial charge in [-0.3, -0.25) is 4.90 Å². The summed E-state index contributed by atoms with van der Waals surface area (Å²) in [6.07, 6.45) is 7.59. The molecule has 2 rings (SSSR count). The molecule has 1 aliphatic heterocycles. The van der Waals surface area contributed by atoms with Crippen LogP contribution in [0.15, 0.2) is 12.5 Å². The van der Waals surface area contributed by atoms with E-state index < -0.39 is 0 Å². The molecule has 0 amide bonds. The van der Waals surface area contributed by atoms with Crippen molar-refractivity contribution in [1.29, 1.82) is 0 Å². The van der Waals surface area contributed by atoms with Crippen LogP contribution in [0.4, 0.5) is 0 Å². The number of aromatic amines is 1. The van der Waals surface area contributed by atoms with E-state index in [2.05, 4.69) is 27.1 Å². The molecular formula is C12H22N4. The summed E-state index contributed by atoms with van der Waals surface area (Å²) in [5.41, 5.74) is 1.16. The van der Waals surface area contributed by atoms with Gasteiger partial charge in [0.05, 0.1) is 6.33 Å². The molecule has 16 heavy (non-hydrogen) atoms. The van der Waals surface area contributed by atoms with Gasteiger partial charge < -0.3 is 10.3 Å². The average Bonchev–Trinajstić information content (AvgIpc) is 2.96. The molecule has 1 unspecified atom stereocenters. The van der Waals surface area contributed by atoms with Crippen LogP contribution >= 0.6 is 0 Å². The summed E-state index contributed by atoms with van der Waals surface area (Å²) >= 11 is 0. The minimum Gasteiger partial charge on any atom is -0.347 e. The highest BCUT2D eigenvalue weighted by atomic mass is 15.2. The molecule has 0 aliphatic carbocycles. The highest BCUT2D eigenvalue weighted by Crippen LogP contribution is 2.13. The first kappa shape index (κ1) is 11.6. The van der Waals surface area contributed by atoms with E-state index in [1.54, 1.807) is 6.33 Å². The van der Waals surface area contributed by atoms with Crippen molar-refractivity contribution >= 4 is 0 Å². The summed E-state index contributed by atoms with van der Waals surface area (Å²) in [4.78, 5) is 9.73. The SMILES string of the molecule is CCC(CNCc1cnc[nH]1)N1CCCC1. The number of rotatable bonds is 6. The number of hydrogen-bond acceptors (Lipinski definition) is 3. The lowest BCUT2D eigenvalue weighted by atomic mass is 10.2. The lowest BCUT2D eigenvalue weighted by Crippen LogP contribution is -2.40. The van der Waals surface area contributed by atoms with Gasteiger partial charge in [-0.15, -0.1) is 0 Å². The molecule has 90 valence electrons. The van der Waals surface area contributed by atoms with Gasteiger partial charge in [0, 0.05) is 31.0 Å².